The van der Waals surface area contributed by atoms with E-state index in [1.54, 1.807) is 0 Å². The second kappa shape index (κ2) is 9.16. The van der Waals surface area contributed by atoms with Gasteiger partial charge in [-0.1, -0.05) is 27.7 Å². The monoisotopic (exact) mass is 437 g/mol. The SMILES string of the molecule is CNC(=O)c1ccc(S(=O)(=O)NC(=O)Nc2c(C(C)C)cc(F)cc2C(C)C)nn1. The third kappa shape index (κ3) is 5.29. The minimum Gasteiger partial charge on any atom is -0.354 e. The predicted octanol–water partition coefficient (Wildman–Crippen LogP) is 2.73. The van der Waals surface area contributed by atoms with Gasteiger partial charge in [-0.15, -0.1) is 10.2 Å². The first-order valence-corrected chi connectivity index (χ1v) is 10.7. The summed E-state index contributed by atoms with van der Waals surface area (Å²) in [7, 11) is -2.95. The van der Waals surface area contributed by atoms with Gasteiger partial charge in [-0.3, -0.25) is 4.79 Å². The molecule has 0 spiro atoms. The van der Waals surface area contributed by atoms with Gasteiger partial charge in [0.05, 0.1) is 0 Å². The average molecular weight is 437 g/mol. The van der Waals surface area contributed by atoms with E-state index in [-0.39, 0.29) is 17.5 Å². The highest BCUT2D eigenvalue weighted by Gasteiger charge is 2.23. The molecule has 3 N–H and O–H groups in total. The van der Waals surface area contributed by atoms with Crippen LogP contribution in [0.5, 0.6) is 0 Å². The number of sulfonamides is 1. The number of aromatic nitrogens is 2. The summed E-state index contributed by atoms with van der Waals surface area (Å²) in [5.41, 5.74) is 1.37. The molecule has 9 nitrogen and oxygen atoms in total. The molecule has 0 fully saturated rings. The van der Waals surface area contributed by atoms with Crippen molar-refractivity contribution in [2.75, 3.05) is 12.4 Å². The van der Waals surface area contributed by atoms with Crippen LogP contribution in [-0.4, -0.2) is 37.6 Å². The largest absolute Gasteiger partial charge is 0.354 e. The molecule has 0 aliphatic rings. The first-order chi connectivity index (χ1) is 14.0. The molecule has 0 atom stereocenters. The number of anilines is 1. The van der Waals surface area contributed by atoms with Crippen LogP contribution in [0.2, 0.25) is 0 Å². The molecule has 30 heavy (non-hydrogen) atoms. The van der Waals surface area contributed by atoms with Gasteiger partial charge in [0.25, 0.3) is 15.9 Å². The van der Waals surface area contributed by atoms with Gasteiger partial charge in [0.15, 0.2) is 10.7 Å². The maximum Gasteiger partial charge on any atom is 0.333 e. The lowest BCUT2D eigenvalue weighted by Crippen LogP contribution is -2.35. The van der Waals surface area contributed by atoms with Crippen molar-refractivity contribution in [3.63, 3.8) is 0 Å². The molecule has 2 aromatic rings. The van der Waals surface area contributed by atoms with Gasteiger partial charge in [0, 0.05) is 12.7 Å². The number of hydrogen-bond donors (Lipinski definition) is 3. The number of amides is 3. The zero-order valence-corrected chi connectivity index (χ0v) is 18.1. The van der Waals surface area contributed by atoms with E-state index >= 15 is 0 Å². The Labute approximate surface area is 174 Å². The van der Waals surface area contributed by atoms with Crippen molar-refractivity contribution in [2.45, 2.75) is 44.6 Å². The number of benzene rings is 1. The Bertz CT molecular complexity index is 1020. The fourth-order valence-electron chi connectivity index (χ4n) is 2.73. The minimum absolute atomic E-state index is 0.0737. The Morgan fingerprint density at radius 2 is 1.57 bits per heavy atom. The van der Waals surface area contributed by atoms with Crippen molar-refractivity contribution >= 4 is 27.6 Å². The summed E-state index contributed by atoms with van der Waals surface area (Å²) in [5, 5.41) is 11.4. The van der Waals surface area contributed by atoms with E-state index in [1.165, 1.54) is 25.2 Å². The molecular formula is C19H24FN5O4S. The van der Waals surface area contributed by atoms with Crippen LogP contribution in [0.4, 0.5) is 14.9 Å². The second-order valence-electron chi connectivity index (χ2n) is 7.16. The molecule has 0 bridgehead atoms. The summed E-state index contributed by atoms with van der Waals surface area (Å²) in [5.74, 6) is -1.20. The first kappa shape index (κ1) is 23.2. The fraction of sp³-hybridized carbons (Fsp3) is 0.368. The molecule has 0 aliphatic heterocycles. The Morgan fingerprint density at radius 1 is 1.00 bits per heavy atom. The lowest BCUT2D eigenvalue weighted by molar-refractivity contribution is 0.0956. The highest BCUT2D eigenvalue weighted by molar-refractivity contribution is 7.90. The Morgan fingerprint density at radius 3 is 2.00 bits per heavy atom. The number of nitrogens with one attached hydrogen (secondary N) is 3. The number of carbonyl (C=O) groups is 2. The van der Waals surface area contributed by atoms with E-state index < -0.39 is 32.8 Å². The van der Waals surface area contributed by atoms with E-state index in [4.69, 9.17) is 0 Å². The van der Waals surface area contributed by atoms with E-state index in [2.05, 4.69) is 20.8 Å². The van der Waals surface area contributed by atoms with Crippen LogP contribution in [0, 0.1) is 5.82 Å². The van der Waals surface area contributed by atoms with Gasteiger partial charge in [-0.2, -0.15) is 8.42 Å². The Hall–Kier alpha value is -3.08. The van der Waals surface area contributed by atoms with Gasteiger partial charge >= 0.3 is 6.03 Å². The normalized spacial score (nSPS) is 11.5. The molecule has 0 unspecified atom stereocenters. The van der Waals surface area contributed by atoms with Crippen LogP contribution in [0.3, 0.4) is 0 Å². The quantitative estimate of drug-likeness (QED) is 0.637. The van der Waals surface area contributed by atoms with Crippen LogP contribution in [-0.2, 0) is 10.0 Å². The highest BCUT2D eigenvalue weighted by Crippen LogP contribution is 2.33. The molecule has 0 saturated heterocycles. The van der Waals surface area contributed by atoms with Crippen molar-refractivity contribution < 1.29 is 22.4 Å². The van der Waals surface area contributed by atoms with E-state index in [0.29, 0.717) is 16.8 Å². The van der Waals surface area contributed by atoms with Crippen molar-refractivity contribution in [1.82, 2.24) is 20.2 Å². The Balaban J connectivity index is 2.30. The molecule has 1 aromatic carbocycles. The molecule has 1 aromatic heterocycles. The molecule has 2 rings (SSSR count). The van der Waals surface area contributed by atoms with E-state index in [0.717, 1.165) is 6.07 Å². The fourth-order valence-corrected chi connectivity index (χ4v) is 3.53. The van der Waals surface area contributed by atoms with Gasteiger partial charge in [-0.25, -0.2) is 13.9 Å². The lowest BCUT2D eigenvalue weighted by atomic mass is 9.92. The van der Waals surface area contributed by atoms with Crippen LogP contribution in [0.25, 0.3) is 0 Å². The number of hydrogen-bond acceptors (Lipinski definition) is 6. The average Bonchev–Trinajstić information content (AvgIpc) is 2.67. The van der Waals surface area contributed by atoms with Crippen molar-refractivity contribution in [2.24, 2.45) is 0 Å². The van der Waals surface area contributed by atoms with Gasteiger partial charge in [0.2, 0.25) is 0 Å². The van der Waals surface area contributed by atoms with E-state index in [9.17, 15) is 22.4 Å². The lowest BCUT2D eigenvalue weighted by Gasteiger charge is -2.20. The zero-order chi connectivity index (χ0) is 22.6. The molecule has 3 amide bonds. The van der Waals surface area contributed by atoms with Gasteiger partial charge in [0.1, 0.15) is 5.82 Å². The summed E-state index contributed by atoms with van der Waals surface area (Å²) < 4.78 is 40.7. The predicted molar refractivity (Wildman–Crippen MR) is 109 cm³/mol. The standard InChI is InChI=1S/C19H24FN5O4S/c1-10(2)13-8-12(20)9-14(11(3)4)17(13)22-19(27)25-30(28,29)16-7-6-15(23-24-16)18(26)21-5/h6-11H,1-5H3,(H,21,26)(H2,22,25,27). The third-order valence-electron chi connectivity index (χ3n) is 4.25. The topological polar surface area (TPSA) is 130 Å². The minimum atomic E-state index is -4.34. The highest BCUT2D eigenvalue weighted by atomic mass is 32.2. The smallest absolute Gasteiger partial charge is 0.333 e. The maximum absolute atomic E-state index is 14.0. The maximum atomic E-state index is 14.0. The first-order valence-electron chi connectivity index (χ1n) is 9.19. The number of rotatable bonds is 6. The van der Waals surface area contributed by atoms with Crippen molar-refractivity contribution in [1.29, 1.82) is 0 Å². The van der Waals surface area contributed by atoms with Crippen LogP contribution in [0.15, 0.2) is 29.3 Å². The molecule has 11 heteroatoms. The summed E-state index contributed by atoms with van der Waals surface area (Å²) >= 11 is 0. The van der Waals surface area contributed by atoms with Crippen molar-refractivity contribution in [3.05, 3.63) is 46.9 Å². The number of halogens is 1. The van der Waals surface area contributed by atoms with Crippen LogP contribution < -0.4 is 15.4 Å². The number of nitrogens with zero attached hydrogens (tertiary/aromatic N) is 2. The zero-order valence-electron chi connectivity index (χ0n) is 17.3. The molecule has 0 radical (unpaired) electrons. The number of urea groups is 1. The van der Waals surface area contributed by atoms with Gasteiger partial charge < -0.3 is 10.6 Å². The molecular weight excluding hydrogens is 413 g/mol. The summed E-state index contributed by atoms with van der Waals surface area (Å²) in [6, 6.07) is 3.83. The van der Waals surface area contributed by atoms with Crippen LogP contribution in [0.1, 0.15) is 61.1 Å². The van der Waals surface area contributed by atoms with Crippen molar-refractivity contribution in [3.8, 4) is 0 Å². The third-order valence-corrected chi connectivity index (χ3v) is 5.47. The summed E-state index contributed by atoms with van der Waals surface area (Å²) in [6.45, 7) is 7.34. The summed E-state index contributed by atoms with van der Waals surface area (Å²) in [4.78, 5) is 23.9. The van der Waals surface area contributed by atoms with E-state index in [1.807, 2.05) is 32.4 Å². The Kier molecular flexibility index (Phi) is 7.08. The molecule has 0 aliphatic carbocycles. The van der Waals surface area contributed by atoms with Gasteiger partial charge in [-0.05, 0) is 47.2 Å². The second-order valence-corrected chi connectivity index (χ2v) is 8.79. The number of carbonyl (C=O) groups excluding carboxylic acids is 2. The molecule has 162 valence electrons. The molecule has 1 heterocycles. The molecule has 0 saturated carbocycles. The summed E-state index contributed by atoms with van der Waals surface area (Å²) in [6.07, 6.45) is 0. The van der Waals surface area contributed by atoms with Crippen LogP contribution >= 0.6 is 0 Å².